The van der Waals surface area contributed by atoms with Crippen LogP contribution >= 0.6 is 15.9 Å². The van der Waals surface area contributed by atoms with Gasteiger partial charge in [0.15, 0.2) is 0 Å². The van der Waals surface area contributed by atoms with E-state index < -0.39 is 4.92 Å². The van der Waals surface area contributed by atoms with Crippen LogP contribution in [0, 0.1) is 10.1 Å². The molecule has 0 unspecified atom stereocenters. The lowest BCUT2D eigenvalue weighted by molar-refractivity contribution is -0.384. The van der Waals surface area contributed by atoms with Gasteiger partial charge in [-0.15, -0.1) is 0 Å². The highest BCUT2D eigenvalue weighted by Gasteiger charge is 2.13. The topological polar surface area (TPSA) is 102 Å². The first-order valence-electron chi connectivity index (χ1n) is 8.18. The van der Waals surface area contributed by atoms with Crippen molar-refractivity contribution >= 4 is 33.6 Å². The van der Waals surface area contributed by atoms with Gasteiger partial charge < -0.3 is 9.42 Å². The average molecular weight is 443 g/mol. The summed E-state index contributed by atoms with van der Waals surface area (Å²) in [6.45, 7) is 0.157. The van der Waals surface area contributed by atoms with E-state index in [0.717, 1.165) is 10.0 Å². The first kappa shape index (κ1) is 19.4. The molecule has 9 heteroatoms. The van der Waals surface area contributed by atoms with Gasteiger partial charge in [-0.05, 0) is 35.9 Å². The Morgan fingerprint density at radius 2 is 2.04 bits per heavy atom. The standard InChI is InChI=1S/C19H15BrN4O4/c1-23(18(25)10-7-13-5-8-16(9-6-13)24(26)27)12-17-21-19(22-28-17)14-3-2-4-15(20)11-14/h2-11H,12H2,1H3/b10-7+. The van der Waals surface area contributed by atoms with Crippen LogP contribution in [-0.4, -0.2) is 32.9 Å². The summed E-state index contributed by atoms with van der Waals surface area (Å²) in [4.78, 5) is 28.2. The number of carbonyl (C=O) groups excluding carboxylic acids is 1. The van der Waals surface area contributed by atoms with Crippen LogP contribution in [0.1, 0.15) is 11.5 Å². The van der Waals surface area contributed by atoms with Gasteiger partial charge in [-0.25, -0.2) is 0 Å². The highest BCUT2D eigenvalue weighted by atomic mass is 79.9. The molecule has 1 amide bonds. The van der Waals surface area contributed by atoms with E-state index in [-0.39, 0.29) is 18.1 Å². The number of hydrogen-bond acceptors (Lipinski definition) is 6. The molecule has 8 nitrogen and oxygen atoms in total. The Morgan fingerprint density at radius 1 is 1.29 bits per heavy atom. The lowest BCUT2D eigenvalue weighted by atomic mass is 10.2. The number of nitro benzene ring substituents is 1. The fraction of sp³-hybridized carbons (Fsp3) is 0.105. The number of benzene rings is 2. The Labute approximate surface area is 168 Å². The first-order valence-corrected chi connectivity index (χ1v) is 8.98. The van der Waals surface area contributed by atoms with Crippen LogP contribution < -0.4 is 0 Å². The zero-order valence-electron chi connectivity index (χ0n) is 14.8. The maximum absolute atomic E-state index is 12.3. The molecule has 2 aromatic carbocycles. The Bertz CT molecular complexity index is 1030. The molecule has 0 saturated heterocycles. The van der Waals surface area contributed by atoms with Crippen molar-refractivity contribution in [2.45, 2.75) is 6.54 Å². The quantitative estimate of drug-likeness (QED) is 0.323. The summed E-state index contributed by atoms with van der Waals surface area (Å²) in [5.41, 5.74) is 1.48. The van der Waals surface area contributed by atoms with Gasteiger partial charge >= 0.3 is 0 Å². The largest absolute Gasteiger partial charge is 0.337 e. The molecule has 0 N–H and O–H groups in total. The summed E-state index contributed by atoms with van der Waals surface area (Å²) in [5.74, 6) is 0.494. The lowest BCUT2D eigenvalue weighted by Crippen LogP contribution is -2.24. The van der Waals surface area contributed by atoms with Crippen LogP contribution in [0.15, 0.2) is 63.6 Å². The van der Waals surface area contributed by atoms with E-state index in [4.69, 9.17) is 4.52 Å². The van der Waals surface area contributed by atoms with Crippen LogP contribution in [-0.2, 0) is 11.3 Å². The predicted molar refractivity (Wildman–Crippen MR) is 106 cm³/mol. The minimum Gasteiger partial charge on any atom is -0.337 e. The molecule has 3 rings (SSSR count). The van der Waals surface area contributed by atoms with E-state index in [1.807, 2.05) is 24.3 Å². The molecule has 0 atom stereocenters. The zero-order valence-corrected chi connectivity index (χ0v) is 16.4. The molecular weight excluding hydrogens is 428 g/mol. The van der Waals surface area contributed by atoms with Gasteiger partial charge in [0.1, 0.15) is 0 Å². The number of nitro groups is 1. The van der Waals surface area contributed by atoms with Crippen molar-refractivity contribution in [3.63, 3.8) is 0 Å². The molecule has 0 spiro atoms. The molecule has 1 heterocycles. The van der Waals surface area contributed by atoms with Crippen molar-refractivity contribution < 1.29 is 14.2 Å². The molecule has 3 aromatic rings. The average Bonchev–Trinajstić information content (AvgIpc) is 3.15. The first-order chi connectivity index (χ1) is 13.4. The van der Waals surface area contributed by atoms with E-state index in [9.17, 15) is 14.9 Å². The molecule has 142 valence electrons. The number of carbonyl (C=O) groups is 1. The van der Waals surface area contributed by atoms with E-state index in [1.54, 1.807) is 25.3 Å². The molecular formula is C19H15BrN4O4. The van der Waals surface area contributed by atoms with Crippen LogP contribution in [0.5, 0.6) is 0 Å². The fourth-order valence-corrected chi connectivity index (χ4v) is 2.75. The third-order valence-corrected chi connectivity index (χ3v) is 4.32. The van der Waals surface area contributed by atoms with Gasteiger partial charge in [0, 0.05) is 35.3 Å². The number of halogens is 1. The second kappa shape index (κ2) is 8.57. The van der Waals surface area contributed by atoms with Gasteiger partial charge in [0.05, 0.1) is 11.5 Å². The molecule has 0 aliphatic carbocycles. The molecule has 0 radical (unpaired) electrons. The van der Waals surface area contributed by atoms with E-state index in [1.165, 1.54) is 23.1 Å². The van der Waals surface area contributed by atoms with Gasteiger partial charge in [-0.3, -0.25) is 14.9 Å². The predicted octanol–water partition coefficient (Wildman–Crippen LogP) is 4.08. The normalized spacial score (nSPS) is 10.9. The number of nitrogens with zero attached hydrogens (tertiary/aromatic N) is 4. The van der Waals surface area contributed by atoms with Crippen LogP contribution in [0.3, 0.4) is 0 Å². The van der Waals surface area contributed by atoms with Crippen LogP contribution in [0.25, 0.3) is 17.5 Å². The molecule has 0 bridgehead atoms. The smallest absolute Gasteiger partial charge is 0.269 e. The third kappa shape index (κ3) is 4.89. The van der Waals surface area contributed by atoms with E-state index in [0.29, 0.717) is 17.3 Å². The number of hydrogen-bond donors (Lipinski definition) is 0. The summed E-state index contributed by atoms with van der Waals surface area (Å²) >= 11 is 3.39. The fourth-order valence-electron chi connectivity index (χ4n) is 2.35. The third-order valence-electron chi connectivity index (χ3n) is 3.82. The van der Waals surface area contributed by atoms with Crippen LogP contribution in [0.4, 0.5) is 5.69 Å². The SMILES string of the molecule is CN(Cc1nc(-c2cccc(Br)c2)no1)C(=O)/C=C/c1ccc([N+](=O)[O-])cc1. The highest BCUT2D eigenvalue weighted by Crippen LogP contribution is 2.20. The van der Waals surface area contributed by atoms with Crippen molar-refractivity contribution in [3.05, 3.63) is 80.6 Å². The van der Waals surface area contributed by atoms with Crippen molar-refractivity contribution in [1.82, 2.24) is 15.0 Å². The molecule has 0 aliphatic rings. The molecule has 28 heavy (non-hydrogen) atoms. The maximum Gasteiger partial charge on any atom is 0.269 e. The number of amides is 1. The van der Waals surface area contributed by atoms with Crippen molar-refractivity contribution in [2.75, 3.05) is 7.05 Å². The van der Waals surface area contributed by atoms with Gasteiger partial charge in [0.25, 0.3) is 5.69 Å². The lowest BCUT2D eigenvalue weighted by Gasteiger charge is -2.11. The summed E-state index contributed by atoms with van der Waals surface area (Å²) in [6.07, 6.45) is 2.97. The summed E-state index contributed by atoms with van der Waals surface area (Å²) in [7, 11) is 1.62. The number of aromatic nitrogens is 2. The van der Waals surface area contributed by atoms with Crippen molar-refractivity contribution in [2.24, 2.45) is 0 Å². The monoisotopic (exact) mass is 442 g/mol. The highest BCUT2D eigenvalue weighted by molar-refractivity contribution is 9.10. The second-order valence-corrected chi connectivity index (χ2v) is 6.81. The molecule has 0 fully saturated rings. The maximum atomic E-state index is 12.3. The van der Waals surface area contributed by atoms with Crippen molar-refractivity contribution in [3.8, 4) is 11.4 Å². The molecule has 0 saturated carbocycles. The number of rotatable bonds is 6. The minimum atomic E-state index is -0.473. The Kier molecular flexibility index (Phi) is 5.95. The Hall–Kier alpha value is -3.33. The van der Waals surface area contributed by atoms with Crippen molar-refractivity contribution in [1.29, 1.82) is 0 Å². The number of likely N-dealkylation sites (N-methyl/N-ethyl adjacent to an activating group) is 1. The van der Waals surface area contributed by atoms with Gasteiger partial charge in [0.2, 0.25) is 17.6 Å². The number of non-ortho nitro benzene ring substituents is 1. The van der Waals surface area contributed by atoms with Gasteiger partial charge in [-0.1, -0.05) is 33.2 Å². The van der Waals surface area contributed by atoms with E-state index >= 15 is 0 Å². The Morgan fingerprint density at radius 3 is 2.71 bits per heavy atom. The zero-order chi connectivity index (χ0) is 20.1. The second-order valence-electron chi connectivity index (χ2n) is 5.90. The minimum absolute atomic E-state index is 0.00163. The molecule has 1 aromatic heterocycles. The van der Waals surface area contributed by atoms with Crippen LogP contribution in [0.2, 0.25) is 0 Å². The summed E-state index contributed by atoms with van der Waals surface area (Å²) in [6, 6.07) is 13.4. The summed E-state index contributed by atoms with van der Waals surface area (Å²) in [5, 5.41) is 14.6. The molecule has 0 aliphatic heterocycles. The van der Waals surface area contributed by atoms with Gasteiger partial charge in [-0.2, -0.15) is 4.98 Å². The van der Waals surface area contributed by atoms with E-state index in [2.05, 4.69) is 26.1 Å². The summed E-state index contributed by atoms with van der Waals surface area (Å²) < 4.78 is 6.12. The Balaban J connectivity index is 1.62.